The van der Waals surface area contributed by atoms with Gasteiger partial charge in [0.2, 0.25) is 5.91 Å². The lowest BCUT2D eigenvalue weighted by atomic mass is 10.2. The van der Waals surface area contributed by atoms with Gasteiger partial charge in [0.25, 0.3) is 15.8 Å². The number of aryl methyl sites for hydroxylation is 2. The second kappa shape index (κ2) is 9.96. The van der Waals surface area contributed by atoms with E-state index in [4.69, 9.17) is 0 Å². The highest BCUT2D eigenvalue weighted by Gasteiger charge is 2.18. The summed E-state index contributed by atoms with van der Waals surface area (Å²) in [6.45, 7) is 1.63. The highest BCUT2D eigenvalue weighted by Crippen LogP contribution is 2.28. The molecule has 168 valence electrons. The van der Waals surface area contributed by atoms with Crippen LogP contribution in [0.15, 0.2) is 70.7 Å². The molecule has 0 aliphatic rings. The lowest BCUT2D eigenvalue weighted by molar-refractivity contribution is -0.111. The van der Waals surface area contributed by atoms with E-state index >= 15 is 0 Å². The van der Waals surface area contributed by atoms with Gasteiger partial charge in [-0.1, -0.05) is 17.8 Å². The molecule has 3 aromatic rings. The summed E-state index contributed by atoms with van der Waals surface area (Å²) in [5.74, 6) is -2.99. The quantitative estimate of drug-likeness (QED) is 0.367. The molecule has 0 radical (unpaired) electrons. The molecule has 11 heteroatoms. The molecule has 7 nitrogen and oxygen atoms in total. The van der Waals surface area contributed by atoms with Crippen molar-refractivity contribution in [3.63, 3.8) is 0 Å². The maximum absolute atomic E-state index is 12.9. The fraction of sp³-hybridized carbons (Fsp3) is 0.143. The van der Waals surface area contributed by atoms with Crippen molar-refractivity contribution in [1.29, 1.82) is 0 Å². The highest BCUT2D eigenvalue weighted by molar-refractivity contribution is 7.99. The zero-order valence-electron chi connectivity index (χ0n) is 17.1. The largest absolute Gasteiger partial charge is 0.322 e. The number of nitrogens with one attached hydrogen (secondary N) is 2. The van der Waals surface area contributed by atoms with Crippen molar-refractivity contribution in [2.24, 2.45) is 7.05 Å². The van der Waals surface area contributed by atoms with Crippen molar-refractivity contribution in [1.82, 2.24) is 9.78 Å². The number of rotatable bonds is 8. The van der Waals surface area contributed by atoms with Crippen molar-refractivity contribution in [3.05, 3.63) is 72.1 Å². The number of nitrogens with zero attached hydrogens (tertiary/aromatic N) is 2. The second-order valence-corrected chi connectivity index (χ2v) is 9.47. The van der Waals surface area contributed by atoms with Gasteiger partial charge in [0, 0.05) is 41.2 Å². The third-order valence-electron chi connectivity index (χ3n) is 4.23. The molecule has 3 rings (SSSR count). The molecule has 0 saturated heterocycles. The number of sulfonamides is 1. The molecule has 0 bridgehead atoms. The summed E-state index contributed by atoms with van der Waals surface area (Å²) in [7, 11) is -2.22. The molecule has 0 fully saturated rings. The highest BCUT2D eigenvalue weighted by atomic mass is 32.2. The van der Waals surface area contributed by atoms with Gasteiger partial charge in [-0.15, -0.1) is 0 Å². The number of hydrogen-bond acceptors (Lipinski definition) is 5. The minimum atomic E-state index is -3.98. The minimum Gasteiger partial charge on any atom is -0.322 e. The normalized spacial score (nSPS) is 11.8. The van der Waals surface area contributed by atoms with Crippen LogP contribution in [0.1, 0.15) is 11.1 Å². The van der Waals surface area contributed by atoms with Gasteiger partial charge in [0.1, 0.15) is 0 Å². The fourth-order valence-electron chi connectivity index (χ4n) is 2.76. The minimum absolute atomic E-state index is 0.0161. The van der Waals surface area contributed by atoms with E-state index in [-0.39, 0.29) is 10.6 Å². The Morgan fingerprint density at radius 1 is 1.16 bits per heavy atom. The molecule has 1 amide bonds. The number of benzene rings is 2. The van der Waals surface area contributed by atoms with Crippen molar-refractivity contribution in [2.75, 3.05) is 10.0 Å². The van der Waals surface area contributed by atoms with Gasteiger partial charge in [-0.05, 0) is 55.0 Å². The van der Waals surface area contributed by atoms with Crippen LogP contribution in [0.4, 0.5) is 20.2 Å². The zero-order chi connectivity index (χ0) is 23.3. The summed E-state index contributed by atoms with van der Waals surface area (Å²) in [5.41, 5.74) is 1.76. The van der Waals surface area contributed by atoms with Crippen molar-refractivity contribution in [3.8, 4) is 0 Å². The molecule has 0 aliphatic carbocycles. The topological polar surface area (TPSA) is 93.1 Å². The standard InChI is InChI=1S/C21H20F2N4O3S2/c1-14-3-5-17(25-20(28)10-4-15-12-24-27(2)13-15)11-19(14)32(29,30)26-16-6-8-18(9-7-16)31-21(22)23/h3-13,21,26H,1-2H3,(H,25,28)/b10-4+. The van der Waals surface area contributed by atoms with Crippen LogP contribution < -0.4 is 10.0 Å². The van der Waals surface area contributed by atoms with E-state index in [2.05, 4.69) is 15.1 Å². The number of hydrogen-bond donors (Lipinski definition) is 2. The molecule has 2 N–H and O–H groups in total. The molecule has 0 atom stereocenters. The van der Waals surface area contributed by atoms with Crippen LogP contribution in [0.5, 0.6) is 0 Å². The van der Waals surface area contributed by atoms with Crippen LogP contribution in [0.3, 0.4) is 0 Å². The zero-order valence-corrected chi connectivity index (χ0v) is 18.8. The van der Waals surface area contributed by atoms with Crippen LogP contribution >= 0.6 is 11.8 Å². The van der Waals surface area contributed by atoms with Crippen molar-refractivity contribution >= 4 is 45.1 Å². The van der Waals surface area contributed by atoms with Crippen LogP contribution in [-0.2, 0) is 21.9 Å². The molecule has 32 heavy (non-hydrogen) atoms. The van der Waals surface area contributed by atoms with Crippen LogP contribution in [0, 0.1) is 6.92 Å². The maximum atomic E-state index is 12.9. The van der Waals surface area contributed by atoms with Gasteiger partial charge in [0.15, 0.2) is 0 Å². The Kier molecular flexibility index (Phi) is 7.31. The number of aromatic nitrogens is 2. The first kappa shape index (κ1) is 23.5. The molecule has 0 aliphatic heterocycles. The third kappa shape index (κ3) is 6.41. The number of carbonyl (C=O) groups is 1. The predicted molar refractivity (Wildman–Crippen MR) is 121 cm³/mol. The Morgan fingerprint density at radius 2 is 1.84 bits per heavy atom. The molecule has 1 aromatic heterocycles. The second-order valence-electron chi connectivity index (χ2n) is 6.76. The van der Waals surface area contributed by atoms with Gasteiger partial charge in [-0.25, -0.2) is 8.42 Å². The molecule has 0 saturated carbocycles. The van der Waals surface area contributed by atoms with E-state index < -0.39 is 21.7 Å². The SMILES string of the molecule is Cc1ccc(NC(=O)/C=C/c2cnn(C)c2)cc1S(=O)(=O)Nc1ccc(SC(F)F)cc1. The maximum Gasteiger partial charge on any atom is 0.288 e. The fourth-order valence-corrected chi connectivity index (χ4v) is 4.59. The smallest absolute Gasteiger partial charge is 0.288 e. The van der Waals surface area contributed by atoms with E-state index in [9.17, 15) is 22.0 Å². The van der Waals surface area contributed by atoms with E-state index in [0.29, 0.717) is 27.9 Å². The average molecular weight is 479 g/mol. The Hall–Kier alpha value is -3.18. The first-order chi connectivity index (χ1) is 15.1. The number of halogens is 2. The first-order valence-corrected chi connectivity index (χ1v) is 11.6. The molecule has 2 aromatic carbocycles. The van der Waals surface area contributed by atoms with E-state index in [0.717, 1.165) is 5.56 Å². The summed E-state index contributed by atoms with van der Waals surface area (Å²) in [5, 5.41) is 6.63. The Labute approximate surface area is 188 Å². The van der Waals surface area contributed by atoms with Gasteiger partial charge < -0.3 is 5.32 Å². The van der Waals surface area contributed by atoms with Crippen molar-refractivity contribution in [2.45, 2.75) is 22.5 Å². The number of amides is 1. The van der Waals surface area contributed by atoms with Gasteiger partial charge in [-0.2, -0.15) is 13.9 Å². The Bertz CT molecular complexity index is 1240. The summed E-state index contributed by atoms with van der Waals surface area (Å²) in [4.78, 5) is 12.5. The van der Waals surface area contributed by atoms with Crippen molar-refractivity contribution < 1.29 is 22.0 Å². The molecular formula is C21H20F2N4O3S2. The first-order valence-electron chi connectivity index (χ1n) is 9.28. The Morgan fingerprint density at radius 3 is 2.47 bits per heavy atom. The van der Waals surface area contributed by atoms with Gasteiger partial charge in [0.05, 0.1) is 11.1 Å². The van der Waals surface area contributed by atoms with E-state index in [1.165, 1.54) is 36.4 Å². The predicted octanol–water partition coefficient (Wildman–Crippen LogP) is 4.50. The molecule has 0 unspecified atom stereocenters. The van der Waals surface area contributed by atoms with Crippen LogP contribution in [0.2, 0.25) is 0 Å². The van der Waals surface area contributed by atoms with Crippen LogP contribution in [-0.4, -0.2) is 29.9 Å². The Balaban J connectivity index is 1.73. The van der Waals surface area contributed by atoms with Crippen LogP contribution in [0.25, 0.3) is 6.08 Å². The number of carbonyl (C=O) groups excluding carboxylic acids is 1. The summed E-state index contributed by atoms with van der Waals surface area (Å²) < 4.78 is 54.6. The van der Waals surface area contributed by atoms with Gasteiger partial charge >= 0.3 is 0 Å². The number of thioether (sulfide) groups is 1. The number of alkyl halides is 2. The number of anilines is 2. The lowest BCUT2D eigenvalue weighted by Crippen LogP contribution is -2.15. The summed E-state index contributed by atoms with van der Waals surface area (Å²) in [6, 6.07) is 10.2. The average Bonchev–Trinajstić information content (AvgIpc) is 3.14. The lowest BCUT2D eigenvalue weighted by Gasteiger charge is -2.12. The van der Waals surface area contributed by atoms with Gasteiger partial charge in [-0.3, -0.25) is 14.2 Å². The molecular weight excluding hydrogens is 458 g/mol. The summed E-state index contributed by atoms with van der Waals surface area (Å²) in [6.07, 6.45) is 6.25. The molecule has 1 heterocycles. The monoisotopic (exact) mass is 478 g/mol. The van der Waals surface area contributed by atoms with E-state index in [1.807, 2.05) is 0 Å². The molecule has 0 spiro atoms. The summed E-state index contributed by atoms with van der Waals surface area (Å²) >= 11 is 0.374. The third-order valence-corrected chi connectivity index (χ3v) is 6.47. The van der Waals surface area contributed by atoms with E-state index in [1.54, 1.807) is 49.3 Å².